The zero-order valence-corrected chi connectivity index (χ0v) is 12.9. The van der Waals surface area contributed by atoms with Crippen molar-refractivity contribution in [3.05, 3.63) is 71.8 Å². The first-order chi connectivity index (χ1) is 11.7. The number of furan rings is 1. The molecule has 0 aliphatic rings. The van der Waals surface area contributed by atoms with Gasteiger partial charge in [-0.3, -0.25) is 0 Å². The van der Waals surface area contributed by atoms with Crippen molar-refractivity contribution in [2.24, 2.45) is 0 Å². The first kappa shape index (κ1) is 15.4. The lowest BCUT2D eigenvalue weighted by atomic mass is 10.1. The number of hydrogen-bond acceptors (Lipinski definition) is 5. The zero-order chi connectivity index (χ0) is 16.9. The van der Waals surface area contributed by atoms with Gasteiger partial charge >= 0.3 is 6.16 Å². The second-order valence-electron chi connectivity index (χ2n) is 5.04. The van der Waals surface area contributed by atoms with Gasteiger partial charge in [-0.2, -0.15) is 5.26 Å². The van der Waals surface area contributed by atoms with Gasteiger partial charge in [-0.25, -0.2) is 4.79 Å². The largest absolute Gasteiger partial charge is 0.521 e. The highest BCUT2D eigenvalue weighted by atomic mass is 16.8. The molecule has 0 radical (unpaired) electrons. The van der Waals surface area contributed by atoms with Crippen LogP contribution in [-0.4, -0.2) is 6.16 Å². The van der Waals surface area contributed by atoms with Crippen LogP contribution in [0, 0.1) is 18.3 Å². The summed E-state index contributed by atoms with van der Waals surface area (Å²) in [6.07, 6.45) is -0.870. The molecule has 0 bridgehead atoms. The van der Waals surface area contributed by atoms with Gasteiger partial charge in [0.2, 0.25) is 0 Å². The summed E-state index contributed by atoms with van der Waals surface area (Å²) >= 11 is 0. The summed E-state index contributed by atoms with van der Waals surface area (Å²) in [5.74, 6) is 1.01. The normalized spacial score (nSPS) is 10.0. The standard InChI is InChI=1S/C19H13NO4/c1-13-11-17(15-9-7-14(12-20)8-10-15)23-18(13)24-19(21)22-16-5-3-2-4-6-16/h2-11H,1H3. The number of benzene rings is 2. The minimum atomic E-state index is -0.870. The fraction of sp³-hybridized carbons (Fsp3) is 0.0526. The van der Waals surface area contributed by atoms with Crippen LogP contribution in [-0.2, 0) is 0 Å². The summed E-state index contributed by atoms with van der Waals surface area (Å²) in [6, 6.07) is 19.4. The molecule has 1 aromatic heterocycles. The van der Waals surface area contributed by atoms with Crippen molar-refractivity contribution in [2.75, 3.05) is 0 Å². The van der Waals surface area contributed by atoms with Crippen LogP contribution in [0.25, 0.3) is 11.3 Å². The van der Waals surface area contributed by atoms with Crippen LogP contribution in [0.2, 0.25) is 0 Å². The first-order valence-electron chi connectivity index (χ1n) is 7.21. The minimum Gasteiger partial charge on any atom is -0.425 e. The number of para-hydroxylation sites is 1. The summed E-state index contributed by atoms with van der Waals surface area (Å²) < 4.78 is 15.8. The molecule has 0 fully saturated rings. The van der Waals surface area contributed by atoms with Gasteiger partial charge in [0, 0.05) is 11.1 Å². The Labute approximate surface area is 138 Å². The second-order valence-corrected chi connectivity index (χ2v) is 5.04. The molecule has 3 rings (SSSR count). The summed E-state index contributed by atoms with van der Waals surface area (Å²) in [5.41, 5.74) is 2.01. The zero-order valence-electron chi connectivity index (χ0n) is 12.9. The Balaban J connectivity index is 1.74. The van der Waals surface area contributed by atoms with Crippen LogP contribution in [0.4, 0.5) is 4.79 Å². The van der Waals surface area contributed by atoms with Crippen LogP contribution in [0.15, 0.2) is 65.1 Å². The lowest BCUT2D eigenvalue weighted by Crippen LogP contribution is -2.13. The summed E-state index contributed by atoms with van der Waals surface area (Å²) in [6.45, 7) is 1.77. The molecule has 0 atom stereocenters. The fourth-order valence-electron chi connectivity index (χ4n) is 2.10. The Morgan fingerprint density at radius 2 is 1.75 bits per heavy atom. The highest BCUT2D eigenvalue weighted by molar-refractivity contribution is 5.68. The summed E-state index contributed by atoms with van der Waals surface area (Å²) in [7, 11) is 0. The fourth-order valence-corrected chi connectivity index (χ4v) is 2.10. The summed E-state index contributed by atoms with van der Waals surface area (Å²) in [5, 5.41) is 8.82. The molecule has 5 nitrogen and oxygen atoms in total. The van der Waals surface area contributed by atoms with Crippen molar-refractivity contribution in [2.45, 2.75) is 6.92 Å². The SMILES string of the molecule is Cc1cc(-c2ccc(C#N)cc2)oc1OC(=O)Oc1ccccc1. The lowest BCUT2D eigenvalue weighted by Gasteiger charge is -2.03. The van der Waals surface area contributed by atoms with Crippen LogP contribution < -0.4 is 9.47 Å². The number of carbonyl (C=O) groups excluding carboxylic acids is 1. The molecule has 0 aliphatic heterocycles. The monoisotopic (exact) mass is 319 g/mol. The van der Waals surface area contributed by atoms with Crippen molar-refractivity contribution in [3.8, 4) is 29.1 Å². The third kappa shape index (κ3) is 3.45. The Morgan fingerprint density at radius 1 is 1.04 bits per heavy atom. The third-order valence-corrected chi connectivity index (χ3v) is 3.29. The molecule has 0 saturated heterocycles. The number of hydrogen-bond donors (Lipinski definition) is 0. The van der Waals surface area contributed by atoms with Gasteiger partial charge in [-0.1, -0.05) is 18.2 Å². The van der Waals surface area contributed by atoms with Crippen LogP contribution >= 0.6 is 0 Å². The molecule has 0 amide bonds. The van der Waals surface area contributed by atoms with Gasteiger partial charge in [0.15, 0.2) is 0 Å². The predicted octanol–water partition coefficient (Wildman–Crippen LogP) is 4.70. The van der Waals surface area contributed by atoms with Crippen molar-refractivity contribution in [1.29, 1.82) is 5.26 Å². The van der Waals surface area contributed by atoms with Crippen LogP contribution in [0.5, 0.6) is 11.7 Å². The van der Waals surface area contributed by atoms with E-state index in [1.165, 1.54) is 0 Å². The Bertz CT molecular complexity index is 889. The molecule has 1 heterocycles. The smallest absolute Gasteiger partial charge is 0.425 e. The highest BCUT2D eigenvalue weighted by Gasteiger charge is 2.16. The van der Waals surface area contributed by atoms with Gasteiger partial charge in [0.25, 0.3) is 5.95 Å². The highest BCUT2D eigenvalue weighted by Crippen LogP contribution is 2.30. The molecule has 0 saturated carbocycles. The molecule has 118 valence electrons. The van der Waals surface area contributed by atoms with Gasteiger partial charge in [0.05, 0.1) is 11.6 Å². The maximum Gasteiger partial charge on any atom is 0.521 e. The molecular weight excluding hydrogens is 306 g/mol. The third-order valence-electron chi connectivity index (χ3n) is 3.29. The molecule has 0 unspecified atom stereocenters. The Morgan fingerprint density at radius 3 is 2.42 bits per heavy atom. The van der Waals surface area contributed by atoms with E-state index in [9.17, 15) is 4.79 Å². The van der Waals surface area contributed by atoms with Gasteiger partial charge in [0.1, 0.15) is 11.5 Å². The maximum atomic E-state index is 11.8. The molecule has 3 aromatic rings. The van der Waals surface area contributed by atoms with E-state index in [2.05, 4.69) is 6.07 Å². The van der Waals surface area contributed by atoms with E-state index in [0.717, 1.165) is 5.56 Å². The Kier molecular flexibility index (Phi) is 4.30. The summed E-state index contributed by atoms with van der Waals surface area (Å²) in [4.78, 5) is 11.8. The molecule has 5 heteroatoms. The van der Waals surface area contributed by atoms with E-state index >= 15 is 0 Å². The number of nitrogens with zero attached hydrogens (tertiary/aromatic N) is 1. The molecular formula is C19H13NO4. The number of nitriles is 1. The lowest BCUT2D eigenvalue weighted by molar-refractivity contribution is 0.140. The van der Waals surface area contributed by atoms with Crippen LogP contribution in [0.1, 0.15) is 11.1 Å². The van der Waals surface area contributed by atoms with Gasteiger partial charge in [-0.15, -0.1) is 0 Å². The minimum absolute atomic E-state index is 0.0790. The topological polar surface area (TPSA) is 72.5 Å². The number of aryl methyl sites for hydroxylation is 1. The van der Waals surface area contributed by atoms with E-state index in [1.807, 2.05) is 6.07 Å². The molecule has 24 heavy (non-hydrogen) atoms. The molecule has 2 aromatic carbocycles. The first-order valence-corrected chi connectivity index (χ1v) is 7.21. The number of carbonyl (C=O) groups is 1. The van der Waals surface area contributed by atoms with Crippen molar-refractivity contribution in [1.82, 2.24) is 0 Å². The average molecular weight is 319 g/mol. The van der Waals surface area contributed by atoms with E-state index in [4.69, 9.17) is 19.2 Å². The molecule has 0 N–H and O–H groups in total. The quantitative estimate of drug-likeness (QED) is 0.516. The Hall–Kier alpha value is -3.52. The second kappa shape index (κ2) is 6.71. The van der Waals surface area contributed by atoms with Gasteiger partial charge < -0.3 is 13.9 Å². The predicted molar refractivity (Wildman–Crippen MR) is 86.7 cm³/mol. The van der Waals surface area contributed by atoms with E-state index in [0.29, 0.717) is 22.6 Å². The van der Waals surface area contributed by atoms with Crippen molar-refractivity contribution in [3.63, 3.8) is 0 Å². The number of ether oxygens (including phenoxy) is 2. The van der Waals surface area contributed by atoms with Crippen LogP contribution in [0.3, 0.4) is 0 Å². The van der Waals surface area contributed by atoms with E-state index < -0.39 is 6.16 Å². The molecule has 0 aliphatic carbocycles. The van der Waals surface area contributed by atoms with E-state index in [-0.39, 0.29) is 5.95 Å². The van der Waals surface area contributed by atoms with Gasteiger partial charge in [-0.05, 0) is 49.4 Å². The number of rotatable bonds is 3. The van der Waals surface area contributed by atoms with Crippen molar-refractivity contribution < 1.29 is 18.7 Å². The van der Waals surface area contributed by atoms with E-state index in [1.54, 1.807) is 61.5 Å². The maximum absolute atomic E-state index is 11.8. The average Bonchev–Trinajstić information content (AvgIpc) is 2.96. The van der Waals surface area contributed by atoms with Crippen molar-refractivity contribution >= 4 is 6.16 Å². The molecule has 0 spiro atoms.